The molecule has 0 bridgehead atoms. The first kappa shape index (κ1) is 19.3. The molecule has 4 N–H and O–H groups in total. The highest BCUT2D eigenvalue weighted by Crippen LogP contribution is 2.28. The van der Waals surface area contributed by atoms with E-state index in [0.717, 1.165) is 22.4 Å². The van der Waals surface area contributed by atoms with Gasteiger partial charge in [0.15, 0.2) is 5.13 Å². The average molecular weight is 418 g/mol. The Morgan fingerprint density at radius 3 is 2.63 bits per heavy atom. The number of nitrogens with one attached hydrogen (secondary N) is 2. The largest absolute Gasteiger partial charge is 0.343 e. The summed E-state index contributed by atoms with van der Waals surface area (Å²) >= 11 is 1.32. The van der Waals surface area contributed by atoms with Crippen LogP contribution in [0.1, 0.15) is 10.4 Å². The monoisotopic (exact) mass is 418 g/mol. The molecule has 8 nitrogen and oxygen atoms in total. The van der Waals surface area contributed by atoms with Crippen LogP contribution in [0.15, 0.2) is 72.6 Å². The SMILES string of the molecule is Nn1ccc(C(=O)NCC(=O)Nc2nc(-c3cccc(-c4ccncc4)c3)cs2)c1. The summed E-state index contributed by atoms with van der Waals surface area (Å²) in [4.78, 5) is 32.6. The number of rotatable bonds is 6. The van der Waals surface area contributed by atoms with Gasteiger partial charge in [0.25, 0.3) is 5.91 Å². The van der Waals surface area contributed by atoms with E-state index in [9.17, 15) is 9.59 Å². The molecule has 0 fully saturated rings. The molecule has 30 heavy (non-hydrogen) atoms. The third kappa shape index (κ3) is 4.53. The molecule has 0 radical (unpaired) electrons. The van der Waals surface area contributed by atoms with E-state index in [0.29, 0.717) is 10.7 Å². The van der Waals surface area contributed by atoms with E-state index in [4.69, 9.17) is 5.84 Å². The van der Waals surface area contributed by atoms with Gasteiger partial charge in [0, 0.05) is 35.7 Å². The molecular weight excluding hydrogens is 400 g/mol. The number of hydrogen-bond donors (Lipinski definition) is 3. The van der Waals surface area contributed by atoms with Crippen LogP contribution in [0.4, 0.5) is 5.13 Å². The first-order chi connectivity index (χ1) is 14.6. The van der Waals surface area contributed by atoms with E-state index in [2.05, 4.69) is 20.6 Å². The Morgan fingerprint density at radius 1 is 1.07 bits per heavy atom. The number of nitrogens with two attached hydrogens (primary N) is 1. The van der Waals surface area contributed by atoms with Crippen molar-refractivity contribution in [2.24, 2.45) is 0 Å². The van der Waals surface area contributed by atoms with Crippen molar-refractivity contribution < 1.29 is 9.59 Å². The molecule has 0 unspecified atom stereocenters. The van der Waals surface area contributed by atoms with E-state index in [1.54, 1.807) is 24.7 Å². The van der Waals surface area contributed by atoms with Crippen molar-refractivity contribution in [3.63, 3.8) is 0 Å². The number of amides is 2. The zero-order chi connectivity index (χ0) is 20.9. The third-order valence-corrected chi connectivity index (χ3v) is 5.07. The standard InChI is InChI=1S/C21H18N6O2S/c22-27-9-6-17(12-27)20(29)24-11-19(28)26-21-25-18(13-30-21)16-3-1-2-15(10-16)14-4-7-23-8-5-14/h1-10,12-13H,11,22H2,(H,24,29)(H,25,26,28). The van der Waals surface area contributed by atoms with Crippen molar-refractivity contribution in [3.8, 4) is 22.4 Å². The molecule has 2 amide bonds. The lowest BCUT2D eigenvalue weighted by Gasteiger charge is -2.04. The van der Waals surface area contributed by atoms with Crippen LogP contribution in [0.5, 0.6) is 0 Å². The summed E-state index contributed by atoms with van der Waals surface area (Å²) in [5, 5.41) is 7.60. The first-order valence-corrected chi connectivity index (χ1v) is 9.94. The number of thiazole rings is 1. The van der Waals surface area contributed by atoms with Crippen molar-refractivity contribution >= 4 is 28.3 Å². The number of pyridine rings is 1. The van der Waals surface area contributed by atoms with E-state index in [1.165, 1.54) is 22.2 Å². The lowest BCUT2D eigenvalue weighted by molar-refractivity contribution is -0.115. The maximum absolute atomic E-state index is 12.1. The van der Waals surface area contributed by atoms with Gasteiger partial charge in [-0.25, -0.2) is 4.98 Å². The van der Waals surface area contributed by atoms with Crippen molar-refractivity contribution in [1.82, 2.24) is 20.0 Å². The number of hydrogen-bond acceptors (Lipinski definition) is 6. The van der Waals surface area contributed by atoms with Crippen LogP contribution in [0.2, 0.25) is 0 Å². The van der Waals surface area contributed by atoms with Crippen LogP contribution in [0, 0.1) is 0 Å². The highest BCUT2D eigenvalue weighted by Gasteiger charge is 2.12. The molecule has 1 aromatic carbocycles. The fraction of sp³-hybridized carbons (Fsp3) is 0.0476. The number of nitrogens with zero attached hydrogens (tertiary/aromatic N) is 3. The normalized spacial score (nSPS) is 10.5. The second-order valence-corrected chi connectivity index (χ2v) is 7.29. The van der Waals surface area contributed by atoms with Crippen LogP contribution in [0.25, 0.3) is 22.4 Å². The molecule has 4 aromatic rings. The zero-order valence-electron chi connectivity index (χ0n) is 15.8. The second-order valence-electron chi connectivity index (χ2n) is 6.43. The number of aromatic nitrogens is 3. The van der Waals surface area contributed by atoms with Crippen LogP contribution in [-0.4, -0.2) is 33.0 Å². The number of carbonyl (C=O) groups is 2. The number of carbonyl (C=O) groups excluding carboxylic acids is 2. The Kier molecular flexibility index (Phi) is 5.53. The van der Waals surface area contributed by atoms with Gasteiger partial charge in [0.2, 0.25) is 5.91 Å². The fourth-order valence-corrected chi connectivity index (χ4v) is 3.58. The Bertz CT molecular complexity index is 1180. The van der Waals surface area contributed by atoms with Crippen molar-refractivity contribution in [3.05, 3.63) is 78.2 Å². The van der Waals surface area contributed by atoms with Crippen molar-refractivity contribution in [1.29, 1.82) is 0 Å². The van der Waals surface area contributed by atoms with E-state index < -0.39 is 0 Å². The van der Waals surface area contributed by atoms with Gasteiger partial charge in [-0.1, -0.05) is 18.2 Å². The zero-order valence-corrected chi connectivity index (χ0v) is 16.6. The molecule has 3 aromatic heterocycles. The van der Waals surface area contributed by atoms with E-state index in [-0.39, 0.29) is 18.4 Å². The Hall–Kier alpha value is -3.98. The summed E-state index contributed by atoms with van der Waals surface area (Å²) in [6.07, 6.45) is 6.53. The minimum absolute atomic E-state index is 0.166. The van der Waals surface area contributed by atoms with Gasteiger partial charge in [-0.2, -0.15) is 0 Å². The summed E-state index contributed by atoms with van der Waals surface area (Å²) in [7, 11) is 0. The van der Waals surface area contributed by atoms with Gasteiger partial charge < -0.3 is 16.5 Å². The van der Waals surface area contributed by atoms with Crippen LogP contribution >= 0.6 is 11.3 Å². The van der Waals surface area contributed by atoms with Gasteiger partial charge >= 0.3 is 0 Å². The Labute approximate surface area is 176 Å². The summed E-state index contributed by atoms with van der Waals surface area (Å²) in [6, 6.07) is 13.5. The molecule has 0 atom stereocenters. The molecule has 4 rings (SSSR count). The third-order valence-electron chi connectivity index (χ3n) is 4.31. The molecule has 0 saturated heterocycles. The summed E-state index contributed by atoms with van der Waals surface area (Å²) in [5.74, 6) is 4.78. The predicted octanol–water partition coefficient (Wildman–Crippen LogP) is 2.76. The minimum Gasteiger partial charge on any atom is -0.343 e. The summed E-state index contributed by atoms with van der Waals surface area (Å²) in [5.41, 5.74) is 4.22. The van der Waals surface area contributed by atoms with Crippen LogP contribution < -0.4 is 16.5 Å². The van der Waals surface area contributed by atoms with Gasteiger partial charge in [-0.15, -0.1) is 11.3 Å². The molecule has 9 heteroatoms. The maximum atomic E-state index is 12.1. The smallest absolute Gasteiger partial charge is 0.253 e. The minimum atomic E-state index is -0.373. The Morgan fingerprint density at radius 2 is 1.87 bits per heavy atom. The van der Waals surface area contributed by atoms with Crippen LogP contribution in [-0.2, 0) is 4.79 Å². The highest BCUT2D eigenvalue weighted by atomic mass is 32.1. The van der Waals surface area contributed by atoms with Crippen LogP contribution in [0.3, 0.4) is 0 Å². The Balaban J connectivity index is 1.38. The number of nitrogen functional groups attached to an aromatic ring is 1. The van der Waals surface area contributed by atoms with Gasteiger partial charge in [-0.05, 0) is 35.4 Å². The van der Waals surface area contributed by atoms with Gasteiger partial charge in [0.1, 0.15) is 0 Å². The van der Waals surface area contributed by atoms with Crippen molar-refractivity contribution in [2.75, 3.05) is 17.7 Å². The lowest BCUT2D eigenvalue weighted by atomic mass is 10.0. The van der Waals surface area contributed by atoms with Crippen molar-refractivity contribution in [2.45, 2.75) is 0 Å². The number of anilines is 1. The summed E-state index contributed by atoms with van der Waals surface area (Å²) < 4.78 is 1.27. The molecule has 0 aliphatic heterocycles. The second kappa shape index (κ2) is 8.58. The fourth-order valence-electron chi connectivity index (χ4n) is 2.84. The molecule has 0 aliphatic rings. The highest BCUT2D eigenvalue weighted by molar-refractivity contribution is 7.14. The molecule has 0 saturated carbocycles. The molecule has 3 heterocycles. The molecule has 0 aliphatic carbocycles. The molecule has 0 spiro atoms. The lowest BCUT2D eigenvalue weighted by Crippen LogP contribution is -2.32. The maximum Gasteiger partial charge on any atom is 0.253 e. The quantitative estimate of drug-likeness (QED) is 0.417. The van der Waals surface area contributed by atoms with Gasteiger partial charge in [-0.3, -0.25) is 19.2 Å². The number of benzene rings is 1. The average Bonchev–Trinajstić information content (AvgIpc) is 3.42. The molecular formula is C21H18N6O2S. The molecule has 150 valence electrons. The first-order valence-electron chi connectivity index (χ1n) is 9.06. The topological polar surface area (TPSA) is 115 Å². The predicted molar refractivity (Wildman–Crippen MR) is 116 cm³/mol. The van der Waals surface area contributed by atoms with E-state index >= 15 is 0 Å². The summed E-state index contributed by atoms with van der Waals surface area (Å²) in [6.45, 7) is -0.166. The van der Waals surface area contributed by atoms with E-state index in [1.807, 2.05) is 41.8 Å². The van der Waals surface area contributed by atoms with Gasteiger partial charge in [0.05, 0.1) is 17.8 Å².